The third kappa shape index (κ3) is 3.21. The van der Waals surface area contributed by atoms with Crippen molar-refractivity contribution in [3.63, 3.8) is 0 Å². The topological polar surface area (TPSA) is 41.1 Å². The highest BCUT2D eigenvalue weighted by Crippen LogP contribution is 2.23. The Morgan fingerprint density at radius 1 is 1.23 bits per heavy atom. The second kappa shape index (κ2) is 6.34. The van der Waals surface area contributed by atoms with Crippen LogP contribution in [0.25, 0.3) is 0 Å². The van der Waals surface area contributed by atoms with Gasteiger partial charge in [0.05, 0.1) is 0 Å². The fourth-order valence-electron chi connectivity index (χ4n) is 2.79. The Morgan fingerprint density at radius 2 is 2.00 bits per heavy atom. The Hall–Kier alpha value is -2.10. The van der Waals surface area contributed by atoms with E-state index in [2.05, 4.69) is 53.3 Å². The van der Waals surface area contributed by atoms with Crippen LogP contribution in [-0.4, -0.2) is 22.6 Å². The first-order valence-electron chi connectivity index (χ1n) is 8.09. The summed E-state index contributed by atoms with van der Waals surface area (Å²) in [5.41, 5.74) is 3.84. The lowest BCUT2D eigenvalue weighted by atomic mass is 10.0. The molecule has 2 heterocycles. The number of rotatable bonds is 4. The molecule has 0 radical (unpaired) electrons. The van der Waals surface area contributed by atoms with Crippen LogP contribution in [0.4, 0.5) is 11.8 Å². The normalized spacial score (nSPS) is 15.3. The molecule has 0 saturated carbocycles. The summed E-state index contributed by atoms with van der Waals surface area (Å²) < 4.78 is 0. The van der Waals surface area contributed by atoms with Crippen LogP contribution in [0, 0.1) is 6.92 Å². The lowest BCUT2D eigenvalue weighted by Gasteiger charge is -2.29. The molecule has 1 aromatic heterocycles. The summed E-state index contributed by atoms with van der Waals surface area (Å²) in [4.78, 5) is 11.6. The van der Waals surface area contributed by atoms with Crippen molar-refractivity contribution in [1.29, 1.82) is 0 Å². The van der Waals surface area contributed by atoms with E-state index < -0.39 is 0 Å². The Balaban J connectivity index is 1.83. The Kier molecular flexibility index (Phi) is 4.27. The number of hydrogen-bond donors (Lipinski definition) is 1. The van der Waals surface area contributed by atoms with Gasteiger partial charge in [0.1, 0.15) is 5.82 Å². The van der Waals surface area contributed by atoms with Gasteiger partial charge in [-0.15, -0.1) is 0 Å². The molecule has 1 unspecified atom stereocenters. The maximum absolute atomic E-state index is 4.72. The van der Waals surface area contributed by atoms with Crippen molar-refractivity contribution in [3.8, 4) is 0 Å². The molecule has 0 aliphatic carbocycles. The zero-order valence-corrected chi connectivity index (χ0v) is 13.6. The number of anilines is 2. The minimum absolute atomic E-state index is 0.421. The van der Waals surface area contributed by atoms with E-state index in [4.69, 9.17) is 4.98 Å². The molecule has 1 N–H and O–H groups in total. The molecule has 22 heavy (non-hydrogen) atoms. The number of aromatic nitrogens is 2. The maximum Gasteiger partial charge on any atom is 0.227 e. The predicted molar refractivity (Wildman–Crippen MR) is 91.3 cm³/mol. The van der Waals surface area contributed by atoms with Crippen LogP contribution in [0.2, 0.25) is 0 Å². The van der Waals surface area contributed by atoms with E-state index in [1.807, 2.05) is 13.0 Å². The number of benzene rings is 1. The van der Waals surface area contributed by atoms with Crippen LogP contribution in [0.15, 0.2) is 30.3 Å². The van der Waals surface area contributed by atoms with E-state index >= 15 is 0 Å². The molecule has 1 aromatic carbocycles. The van der Waals surface area contributed by atoms with Crippen LogP contribution >= 0.6 is 0 Å². The van der Waals surface area contributed by atoms with Gasteiger partial charge in [-0.25, -0.2) is 4.98 Å². The smallest absolute Gasteiger partial charge is 0.227 e. The average Bonchev–Trinajstić information content (AvgIpc) is 2.53. The van der Waals surface area contributed by atoms with Gasteiger partial charge >= 0.3 is 0 Å². The molecule has 0 amide bonds. The van der Waals surface area contributed by atoms with Gasteiger partial charge < -0.3 is 10.2 Å². The van der Waals surface area contributed by atoms with Crippen molar-refractivity contribution >= 4 is 11.8 Å². The molecular formula is C18H24N4. The number of aryl methyl sites for hydroxylation is 1. The van der Waals surface area contributed by atoms with E-state index in [-0.39, 0.29) is 0 Å². The Labute approximate surface area is 132 Å². The molecule has 1 aliphatic heterocycles. The summed E-state index contributed by atoms with van der Waals surface area (Å²) in [6.07, 6.45) is 2.14. The fourth-order valence-corrected chi connectivity index (χ4v) is 2.79. The summed E-state index contributed by atoms with van der Waals surface area (Å²) in [5, 5.41) is 3.45. The van der Waals surface area contributed by atoms with Crippen molar-refractivity contribution < 1.29 is 0 Å². The summed E-state index contributed by atoms with van der Waals surface area (Å²) in [5.74, 6) is 1.76. The van der Waals surface area contributed by atoms with Crippen LogP contribution < -0.4 is 10.2 Å². The first-order chi connectivity index (χ1) is 10.7. The van der Waals surface area contributed by atoms with E-state index in [1.165, 1.54) is 11.1 Å². The standard InChI is InChI=1S/C18H24N4/c1-4-13(2)19-17-11-14(3)20-18(21-17)22-10-9-15-7-5-6-8-16(15)12-22/h5-8,11,13H,4,9-10,12H2,1-3H3,(H,19,20,21). The maximum atomic E-state index is 4.72. The monoisotopic (exact) mass is 296 g/mol. The second-order valence-corrected chi connectivity index (χ2v) is 6.09. The second-order valence-electron chi connectivity index (χ2n) is 6.09. The van der Waals surface area contributed by atoms with Gasteiger partial charge in [0.2, 0.25) is 5.95 Å². The summed E-state index contributed by atoms with van der Waals surface area (Å²) in [6, 6.07) is 11.1. The van der Waals surface area contributed by atoms with Gasteiger partial charge in [0, 0.05) is 30.9 Å². The van der Waals surface area contributed by atoms with Gasteiger partial charge in [-0.1, -0.05) is 31.2 Å². The van der Waals surface area contributed by atoms with Gasteiger partial charge in [0.25, 0.3) is 0 Å². The molecule has 116 valence electrons. The van der Waals surface area contributed by atoms with E-state index in [0.29, 0.717) is 6.04 Å². The highest BCUT2D eigenvalue weighted by Gasteiger charge is 2.19. The van der Waals surface area contributed by atoms with Crippen molar-refractivity contribution in [2.45, 2.75) is 46.2 Å². The number of nitrogens with one attached hydrogen (secondary N) is 1. The summed E-state index contributed by atoms with van der Waals surface area (Å²) >= 11 is 0. The van der Waals surface area contributed by atoms with Crippen molar-refractivity contribution in [2.24, 2.45) is 0 Å². The minimum Gasteiger partial charge on any atom is -0.367 e. The molecule has 0 saturated heterocycles. The molecule has 4 heteroatoms. The van der Waals surface area contributed by atoms with Gasteiger partial charge in [0.15, 0.2) is 0 Å². The average molecular weight is 296 g/mol. The van der Waals surface area contributed by atoms with Gasteiger partial charge in [-0.05, 0) is 37.8 Å². The molecule has 1 aliphatic rings. The third-order valence-electron chi connectivity index (χ3n) is 4.26. The van der Waals surface area contributed by atoms with Crippen LogP contribution in [0.5, 0.6) is 0 Å². The Morgan fingerprint density at radius 3 is 2.77 bits per heavy atom. The zero-order valence-electron chi connectivity index (χ0n) is 13.6. The van der Waals surface area contributed by atoms with E-state index in [0.717, 1.165) is 43.4 Å². The SMILES string of the molecule is CCC(C)Nc1cc(C)nc(N2CCc3ccccc3C2)n1. The van der Waals surface area contributed by atoms with Crippen molar-refractivity contribution in [1.82, 2.24) is 9.97 Å². The molecule has 1 atom stereocenters. The molecule has 3 rings (SSSR count). The third-order valence-corrected chi connectivity index (χ3v) is 4.26. The van der Waals surface area contributed by atoms with Gasteiger partial charge in [-0.2, -0.15) is 4.98 Å². The molecule has 4 nitrogen and oxygen atoms in total. The quantitative estimate of drug-likeness (QED) is 0.936. The molecule has 0 bridgehead atoms. The Bertz CT molecular complexity index is 653. The lowest BCUT2D eigenvalue weighted by molar-refractivity contribution is 0.703. The van der Waals surface area contributed by atoms with Crippen LogP contribution in [0.3, 0.4) is 0 Å². The van der Waals surface area contributed by atoms with Gasteiger partial charge in [-0.3, -0.25) is 0 Å². The zero-order chi connectivity index (χ0) is 15.5. The van der Waals surface area contributed by atoms with E-state index in [9.17, 15) is 0 Å². The largest absolute Gasteiger partial charge is 0.367 e. The van der Waals surface area contributed by atoms with E-state index in [1.54, 1.807) is 0 Å². The molecule has 0 spiro atoms. The summed E-state index contributed by atoms with van der Waals surface area (Å²) in [7, 11) is 0. The first-order valence-corrected chi connectivity index (χ1v) is 8.09. The number of fused-ring (bicyclic) bond motifs is 1. The molecule has 2 aromatic rings. The van der Waals surface area contributed by atoms with Crippen LogP contribution in [-0.2, 0) is 13.0 Å². The fraction of sp³-hybridized carbons (Fsp3) is 0.444. The molecule has 0 fully saturated rings. The van der Waals surface area contributed by atoms with Crippen molar-refractivity contribution in [2.75, 3.05) is 16.8 Å². The number of nitrogens with zero attached hydrogens (tertiary/aromatic N) is 3. The van der Waals surface area contributed by atoms with Crippen molar-refractivity contribution in [3.05, 3.63) is 47.2 Å². The highest BCUT2D eigenvalue weighted by atomic mass is 15.3. The predicted octanol–water partition coefficient (Wildman–Crippen LogP) is 3.56. The summed E-state index contributed by atoms with van der Waals surface area (Å²) in [6.45, 7) is 8.25. The number of hydrogen-bond acceptors (Lipinski definition) is 4. The lowest BCUT2D eigenvalue weighted by Crippen LogP contribution is -2.32. The first kappa shape index (κ1) is 14.8. The van der Waals surface area contributed by atoms with Crippen LogP contribution in [0.1, 0.15) is 37.1 Å². The molecular weight excluding hydrogens is 272 g/mol. The highest BCUT2D eigenvalue weighted by molar-refractivity contribution is 5.46. The minimum atomic E-state index is 0.421.